The van der Waals surface area contributed by atoms with E-state index in [9.17, 15) is 0 Å². The lowest BCUT2D eigenvalue weighted by atomic mass is 9.62. The topological polar surface area (TPSA) is 52.0 Å². The van der Waals surface area contributed by atoms with Crippen LogP contribution in [0.3, 0.4) is 0 Å². The second-order valence-corrected chi connectivity index (χ2v) is 9.01. The maximum Gasteiger partial charge on any atom is 0.0125 e. The Balaban J connectivity index is 1.94. The van der Waals surface area contributed by atoms with E-state index in [0.29, 0.717) is 23.9 Å². The standard InChI is InChI=1S/C24H50N2/c1-3-5-7-9-11-13-15-17-19-21-23(25)22(24(21)26)20-18-16-14-12-10-8-6-4-2/h21-24H,3-20,25-26H2,1-2H3. The lowest BCUT2D eigenvalue weighted by Gasteiger charge is -2.49. The van der Waals surface area contributed by atoms with Crippen LogP contribution in [0.2, 0.25) is 0 Å². The monoisotopic (exact) mass is 366 g/mol. The van der Waals surface area contributed by atoms with E-state index in [2.05, 4.69) is 13.8 Å². The molecule has 1 fully saturated rings. The summed E-state index contributed by atoms with van der Waals surface area (Å²) in [7, 11) is 0. The molecule has 1 saturated carbocycles. The lowest BCUT2D eigenvalue weighted by Crippen LogP contribution is -2.63. The molecule has 0 heterocycles. The van der Waals surface area contributed by atoms with Crippen molar-refractivity contribution in [3.05, 3.63) is 0 Å². The van der Waals surface area contributed by atoms with Gasteiger partial charge in [0, 0.05) is 12.1 Å². The third kappa shape index (κ3) is 9.74. The van der Waals surface area contributed by atoms with Crippen molar-refractivity contribution in [3.8, 4) is 0 Å². The molecule has 2 nitrogen and oxygen atoms in total. The van der Waals surface area contributed by atoms with Gasteiger partial charge in [-0.3, -0.25) is 0 Å². The minimum absolute atomic E-state index is 0.388. The van der Waals surface area contributed by atoms with Crippen LogP contribution in [0.4, 0.5) is 0 Å². The highest BCUT2D eigenvalue weighted by atomic mass is 14.9. The van der Waals surface area contributed by atoms with Crippen molar-refractivity contribution < 1.29 is 0 Å². The average Bonchev–Trinajstić information content (AvgIpc) is 2.65. The molecule has 1 rings (SSSR count). The maximum absolute atomic E-state index is 6.47. The predicted octanol–water partition coefficient (Wildman–Crippen LogP) is 6.95. The van der Waals surface area contributed by atoms with Crippen molar-refractivity contribution in [2.75, 3.05) is 0 Å². The molecule has 0 unspecified atom stereocenters. The van der Waals surface area contributed by atoms with Crippen LogP contribution < -0.4 is 11.5 Å². The number of hydrogen-bond donors (Lipinski definition) is 2. The molecule has 0 aromatic heterocycles. The fourth-order valence-corrected chi connectivity index (χ4v) is 4.80. The van der Waals surface area contributed by atoms with Crippen LogP contribution >= 0.6 is 0 Å². The summed E-state index contributed by atoms with van der Waals surface area (Å²) in [6.07, 6.45) is 24.8. The molecule has 0 amide bonds. The number of hydrogen-bond acceptors (Lipinski definition) is 2. The largest absolute Gasteiger partial charge is 0.327 e. The summed E-state index contributed by atoms with van der Waals surface area (Å²) < 4.78 is 0. The Morgan fingerprint density at radius 2 is 0.692 bits per heavy atom. The fourth-order valence-electron chi connectivity index (χ4n) is 4.80. The van der Waals surface area contributed by atoms with E-state index in [1.54, 1.807) is 0 Å². The molecule has 1 aliphatic rings. The van der Waals surface area contributed by atoms with Crippen molar-refractivity contribution in [3.63, 3.8) is 0 Å². The van der Waals surface area contributed by atoms with E-state index in [-0.39, 0.29) is 0 Å². The summed E-state index contributed by atoms with van der Waals surface area (Å²) in [5, 5.41) is 0. The van der Waals surface area contributed by atoms with Crippen LogP contribution in [0.1, 0.15) is 129 Å². The summed E-state index contributed by atoms with van der Waals surface area (Å²) in [5.74, 6) is 1.21. The van der Waals surface area contributed by atoms with E-state index < -0.39 is 0 Å². The molecule has 2 heteroatoms. The first-order valence-corrected chi connectivity index (χ1v) is 12.2. The first-order valence-electron chi connectivity index (χ1n) is 12.2. The molecule has 26 heavy (non-hydrogen) atoms. The SMILES string of the molecule is CCCCCCCCCCC1C(N)C(CCCCCCCCCC)C1N. The van der Waals surface area contributed by atoms with Gasteiger partial charge in [0.05, 0.1) is 0 Å². The van der Waals surface area contributed by atoms with Gasteiger partial charge in [-0.25, -0.2) is 0 Å². The molecular formula is C24H50N2. The van der Waals surface area contributed by atoms with E-state index in [1.807, 2.05) is 0 Å². The molecule has 4 N–H and O–H groups in total. The Labute approximate surface area is 165 Å². The van der Waals surface area contributed by atoms with Crippen molar-refractivity contribution >= 4 is 0 Å². The molecule has 0 aromatic rings. The number of nitrogens with two attached hydrogens (primary N) is 2. The number of unbranched alkanes of at least 4 members (excludes halogenated alkanes) is 14. The number of rotatable bonds is 18. The van der Waals surface area contributed by atoms with Gasteiger partial charge in [0.2, 0.25) is 0 Å². The highest BCUT2D eigenvalue weighted by molar-refractivity contribution is 5.02. The van der Waals surface area contributed by atoms with Crippen molar-refractivity contribution in [2.24, 2.45) is 23.3 Å². The first-order chi connectivity index (χ1) is 12.7. The zero-order valence-electron chi connectivity index (χ0n) is 18.2. The van der Waals surface area contributed by atoms with Crippen LogP contribution in [0.25, 0.3) is 0 Å². The van der Waals surface area contributed by atoms with Gasteiger partial charge >= 0.3 is 0 Å². The van der Waals surface area contributed by atoms with Gasteiger partial charge in [0.1, 0.15) is 0 Å². The van der Waals surface area contributed by atoms with Gasteiger partial charge < -0.3 is 11.5 Å². The molecular weight excluding hydrogens is 316 g/mol. The van der Waals surface area contributed by atoms with Crippen LogP contribution in [0, 0.1) is 11.8 Å². The minimum atomic E-state index is 0.388. The third-order valence-corrected chi connectivity index (χ3v) is 6.76. The van der Waals surface area contributed by atoms with Gasteiger partial charge in [0.25, 0.3) is 0 Å². The Morgan fingerprint density at radius 3 is 1.00 bits per heavy atom. The fraction of sp³-hybridized carbons (Fsp3) is 1.00. The van der Waals surface area contributed by atoms with Crippen LogP contribution in [0.15, 0.2) is 0 Å². The van der Waals surface area contributed by atoms with Crippen LogP contribution in [-0.2, 0) is 0 Å². The van der Waals surface area contributed by atoms with Gasteiger partial charge in [-0.2, -0.15) is 0 Å². The molecule has 0 atom stereocenters. The minimum Gasteiger partial charge on any atom is -0.327 e. The molecule has 1 aliphatic carbocycles. The quantitative estimate of drug-likeness (QED) is 0.258. The summed E-state index contributed by atoms with van der Waals surface area (Å²) in [6.45, 7) is 4.57. The summed E-state index contributed by atoms with van der Waals surface area (Å²) in [4.78, 5) is 0. The molecule has 0 spiro atoms. The Kier molecular flexibility index (Phi) is 14.7. The van der Waals surface area contributed by atoms with E-state index in [1.165, 1.54) is 116 Å². The molecule has 0 aromatic carbocycles. The van der Waals surface area contributed by atoms with Gasteiger partial charge in [-0.15, -0.1) is 0 Å². The van der Waals surface area contributed by atoms with Crippen molar-refractivity contribution in [2.45, 2.75) is 142 Å². The second-order valence-electron chi connectivity index (χ2n) is 9.01. The third-order valence-electron chi connectivity index (χ3n) is 6.76. The maximum atomic E-state index is 6.47. The Morgan fingerprint density at radius 1 is 0.423 bits per heavy atom. The van der Waals surface area contributed by atoms with E-state index in [4.69, 9.17) is 11.5 Å². The lowest BCUT2D eigenvalue weighted by molar-refractivity contribution is 0.0820. The zero-order chi connectivity index (χ0) is 19.0. The molecule has 0 aliphatic heterocycles. The Hall–Kier alpha value is -0.0800. The first kappa shape index (κ1) is 24.0. The van der Waals surface area contributed by atoms with E-state index in [0.717, 1.165) is 0 Å². The van der Waals surface area contributed by atoms with Gasteiger partial charge in [-0.1, -0.05) is 117 Å². The van der Waals surface area contributed by atoms with Crippen LogP contribution in [-0.4, -0.2) is 12.1 Å². The summed E-state index contributed by atoms with van der Waals surface area (Å²) in [6, 6.07) is 0.776. The molecule has 156 valence electrons. The predicted molar refractivity (Wildman–Crippen MR) is 117 cm³/mol. The smallest absolute Gasteiger partial charge is 0.0125 e. The summed E-state index contributed by atoms with van der Waals surface area (Å²) >= 11 is 0. The second kappa shape index (κ2) is 15.9. The zero-order valence-corrected chi connectivity index (χ0v) is 18.2. The highest BCUT2D eigenvalue weighted by Crippen LogP contribution is 2.38. The molecule has 0 radical (unpaired) electrons. The Bertz CT molecular complexity index is 267. The molecule has 0 bridgehead atoms. The average molecular weight is 367 g/mol. The van der Waals surface area contributed by atoms with Gasteiger partial charge in [-0.05, 0) is 24.7 Å². The van der Waals surface area contributed by atoms with Crippen LogP contribution in [0.5, 0.6) is 0 Å². The van der Waals surface area contributed by atoms with Crippen molar-refractivity contribution in [1.29, 1.82) is 0 Å². The van der Waals surface area contributed by atoms with Crippen molar-refractivity contribution in [1.82, 2.24) is 0 Å². The van der Waals surface area contributed by atoms with E-state index >= 15 is 0 Å². The highest BCUT2D eigenvalue weighted by Gasteiger charge is 2.44. The summed E-state index contributed by atoms with van der Waals surface area (Å²) in [5.41, 5.74) is 12.9. The normalized spacial score (nSPS) is 25.4. The molecule has 0 saturated heterocycles. The van der Waals surface area contributed by atoms with Gasteiger partial charge in [0.15, 0.2) is 0 Å².